The molecule has 1 heterocycles. The van der Waals surface area contributed by atoms with Crippen molar-refractivity contribution in [2.75, 3.05) is 13.7 Å². The van der Waals surface area contributed by atoms with E-state index >= 15 is 0 Å². The van der Waals surface area contributed by atoms with E-state index in [4.69, 9.17) is 9.47 Å². The van der Waals surface area contributed by atoms with E-state index in [1.807, 2.05) is 12.1 Å². The van der Waals surface area contributed by atoms with Crippen molar-refractivity contribution in [2.24, 2.45) is 0 Å². The Labute approximate surface area is 174 Å². The molecule has 0 saturated heterocycles. The number of esters is 1. The average molecular weight is 392 g/mol. The van der Waals surface area contributed by atoms with Gasteiger partial charge in [-0.25, -0.2) is 4.79 Å². The highest BCUT2D eigenvalue weighted by Gasteiger charge is 2.36. The number of fused-ring (bicyclic) bond motifs is 8. The van der Waals surface area contributed by atoms with Crippen LogP contribution in [0.15, 0.2) is 72.8 Å². The zero-order chi connectivity index (χ0) is 20.2. The van der Waals surface area contributed by atoms with E-state index in [9.17, 15) is 4.79 Å². The summed E-state index contributed by atoms with van der Waals surface area (Å²) in [7, 11) is 1.41. The van der Waals surface area contributed by atoms with Crippen LogP contribution in [0.2, 0.25) is 0 Å². The van der Waals surface area contributed by atoms with Gasteiger partial charge in [-0.3, -0.25) is 0 Å². The van der Waals surface area contributed by atoms with Gasteiger partial charge in [0.2, 0.25) is 0 Å². The van der Waals surface area contributed by atoms with Crippen LogP contribution in [0.4, 0.5) is 0 Å². The van der Waals surface area contributed by atoms with Crippen LogP contribution in [-0.2, 0) is 11.2 Å². The zero-order valence-corrected chi connectivity index (χ0v) is 16.6. The largest absolute Gasteiger partial charge is 0.492 e. The van der Waals surface area contributed by atoms with Gasteiger partial charge in [-0.1, -0.05) is 60.7 Å². The van der Waals surface area contributed by atoms with Crippen LogP contribution >= 0.6 is 0 Å². The molecule has 1 atom stereocenters. The zero-order valence-electron chi connectivity index (χ0n) is 16.6. The highest BCUT2D eigenvalue weighted by molar-refractivity contribution is 6.03. The Kier molecular flexibility index (Phi) is 3.72. The molecule has 0 radical (unpaired) electrons. The summed E-state index contributed by atoms with van der Waals surface area (Å²) in [6.07, 6.45) is 0.935. The first-order chi connectivity index (χ1) is 14.8. The Morgan fingerprint density at radius 3 is 2.47 bits per heavy atom. The molecule has 0 bridgehead atoms. The normalized spacial score (nSPS) is 16.0. The number of ether oxygens (including phenoxy) is 2. The Hall–Kier alpha value is -3.59. The lowest BCUT2D eigenvalue weighted by molar-refractivity contribution is 0.0600. The van der Waals surface area contributed by atoms with Gasteiger partial charge in [-0.2, -0.15) is 0 Å². The lowest BCUT2D eigenvalue weighted by Crippen LogP contribution is -2.04. The van der Waals surface area contributed by atoms with Gasteiger partial charge in [0.25, 0.3) is 0 Å². The van der Waals surface area contributed by atoms with Crippen LogP contribution in [-0.4, -0.2) is 19.7 Å². The molecule has 0 N–H and O–H groups in total. The van der Waals surface area contributed by atoms with E-state index in [1.54, 1.807) is 0 Å². The first-order valence-electron chi connectivity index (χ1n) is 10.3. The summed E-state index contributed by atoms with van der Waals surface area (Å²) in [5, 5.41) is 2.43. The van der Waals surface area contributed by atoms with Crippen LogP contribution in [0.3, 0.4) is 0 Å². The van der Waals surface area contributed by atoms with Crippen molar-refractivity contribution in [1.29, 1.82) is 0 Å². The summed E-state index contributed by atoms with van der Waals surface area (Å²) in [6.45, 7) is 0.733. The highest BCUT2D eigenvalue weighted by atomic mass is 16.5. The maximum absolute atomic E-state index is 11.9. The minimum atomic E-state index is -0.311. The van der Waals surface area contributed by atoms with Crippen LogP contribution in [0.1, 0.15) is 38.5 Å². The molecule has 3 nitrogen and oxygen atoms in total. The SMILES string of the molecule is COC(=O)c1ccc(C2c3ccccc3-c3c4c(c5ccccc5c32)OCC4)cc1. The van der Waals surface area contributed by atoms with Crippen molar-refractivity contribution >= 4 is 16.7 Å². The number of hydrogen-bond donors (Lipinski definition) is 0. The third-order valence-electron chi connectivity index (χ3n) is 6.40. The lowest BCUT2D eigenvalue weighted by atomic mass is 9.85. The number of hydrogen-bond acceptors (Lipinski definition) is 3. The molecule has 0 amide bonds. The molecule has 1 unspecified atom stereocenters. The second-order valence-corrected chi connectivity index (χ2v) is 7.87. The van der Waals surface area contributed by atoms with Gasteiger partial charge in [0, 0.05) is 23.3 Å². The number of benzene rings is 4. The molecule has 3 heteroatoms. The van der Waals surface area contributed by atoms with Crippen molar-refractivity contribution in [1.82, 2.24) is 0 Å². The quantitative estimate of drug-likeness (QED) is 0.360. The molecule has 1 aliphatic carbocycles. The molecular formula is C27H20O3. The van der Waals surface area contributed by atoms with Gasteiger partial charge in [0.15, 0.2) is 0 Å². The third-order valence-corrected chi connectivity index (χ3v) is 6.40. The Bertz CT molecular complexity index is 1320. The standard InChI is InChI=1S/C27H20O3/c1-29-27(28)17-12-10-16(11-13-17)23-18-6-2-3-7-19(18)24-22-14-15-30-26(22)21-9-5-4-8-20(21)25(23)24/h2-13,23H,14-15H2,1H3. The smallest absolute Gasteiger partial charge is 0.337 e. The number of carbonyl (C=O) groups excluding carboxylic acids is 1. The van der Waals surface area contributed by atoms with E-state index < -0.39 is 0 Å². The van der Waals surface area contributed by atoms with E-state index in [0.29, 0.717) is 5.56 Å². The first-order valence-corrected chi connectivity index (χ1v) is 10.3. The van der Waals surface area contributed by atoms with E-state index in [2.05, 4.69) is 60.7 Å². The van der Waals surface area contributed by atoms with E-state index in [-0.39, 0.29) is 11.9 Å². The molecule has 0 aromatic heterocycles. The van der Waals surface area contributed by atoms with Crippen LogP contribution in [0, 0.1) is 0 Å². The van der Waals surface area contributed by atoms with Gasteiger partial charge in [0.05, 0.1) is 19.3 Å². The van der Waals surface area contributed by atoms with Crippen molar-refractivity contribution in [3.63, 3.8) is 0 Å². The predicted octanol–water partition coefficient (Wildman–Crippen LogP) is 5.72. The second-order valence-electron chi connectivity index (χ2n) is 7.87. The molecule has 30 heavy (non-hydrogen) atoms. The molecule has 146 valence electrons. The average Bonchev–Trinajstić information content (AvgIpc) is 3.42. The summed E-state index contributed by atoms with van der Waals surface area (Å²) in [5.41, 5.74) is 8.36. The highest BCUT2D eigenvalue weighted by Crippen LogP contribution is 2.55. The van der Waals surface area contributed by atoms with Gasteiger partial charge in [-0.15, -0.1) is 0 Å². The number of carbonyl (C=O) groups is 1. The minimum absolute atomic E-state index is 0.124. The van der Waals surface area contributed by atoms with Gasteiger partial charge < -0.3 is 9.47 Å². The minimum Gasteiger partial charge on any atom is -0.492 e. The summed E-state index contributed by atoms with van der Waals surface area (Å²) < 4.78 is 11.0. The molecular weight excluding hydrogens is 372 g/mol. The van der Waals surface area contributed by atoms with Crippen molar-refractivity contribution in [3.05, 3.63) is 101 Å². The summed E-state index contributed by atoms with van der Waals surface area (Å²) in [5.74, 6) is 0.855. The Morgan fingerprint density at radius 2 is 1.67 bits per heavy atom. The molecule has 0 saturated carbocycles. The summed E-state index contributed by atoms with van der Waals surface area (Å²) in [6, 6.07) is 25.1. The fourth-order valence-electron chi connectivity index (χ4n) is 5.16. The fourth-order valence-corrected chi connectivity index (χ4v) is 5.16. The molecule has 4 aromatic carbocycles. The maximum Gasteiger partial charge on any atom is 0.337 e. The lowest BCUT2D eigenvalue weighted by Gasteiger charge is -2.18. The van der Waals surface area contributed by atoms with Gasteiger partial charge >= 0.3 is 5.97 Å². The second kappa shape index (κ2) is 6.46. The fraction of sp³-hybridized carbons (Fsp3) is 0.148. The molecule has 6 rings (SSSR count). The van der Waals surface area contributed by atoms with Crippen LogP contribution in [0.5, 0.6) is 5.75 Å². The van der Waals surface area contributed by atoms with Gasteiger partial charge in [-0.05, 0) is 45.3 Å². The van der Waals surface area contributed by atoms with Crippen LogP contribution < -0.4 is 4.74 Å². The van der Waals surface area contributed by atoms with E-state index in [0.717, 1.165) is 18.8 Å². The molecule has 0 spiro atoms. The molecule has 1 aliphatic heterocycles. The summed E-state index contributed by atoms with van der Waals surface area (Å²) >= 11 is 0. The summed E-state index contributed by atoms with van der Waals surface area (Å²) in [4.78, 5) is 11.9. The first kappa shape index (κ1) is 17.3. The van der Waals surface area contributed by atoms with Crippen LogP contribution in [0.25, 0.3) is 21.9 Å². The predicted molar refractivity (Wildman–Crippen MR) is 117 cm³/mol. The van der Waals surface area contributed by atoms with Crippen molar-refractivity contribution in [2.45, 2.75) is 12.3 Å². The van der Waals surface area contributed by atoms with E-state index in [1.165, 1.54) is 51.3 Å². The maximum atomic E-state index is 11.9. The Balaban J connectivity index is 1.66. The molecule has 4 aromatic rings. The monoisotopic (exact) mass is 392 g/mol. The Morgan fingerprint density at radius 1 is 0.933 bits per heavy atom. The number of rotatable bonds is 2. The van der Waals surface area contributed by atoms with Crippen molar-refractivity contribution < 1.29 is 14.3 Å². The topological polar surface area (TPSA) is 35.5 Å². The third kappa shape index (κ3) is 2.29. The molecule has 0 fully saturated rings. The number of methoxy groups -OCH3 is 1. The molecule has 2 aliphatic rings. The van der Waals surface area contributed by atoms with Gasteiger partial charge in [0.1, 0.15) is 5.75 Å². The van der Waals surface area contributed by atoms with Crippen molar-refractivity contribution in [3.8, 4) is 16.9 Å².